The average molecular weight is 264 g/mol. The molecule has 2 nitrogen and oxygen atoms in total. The third-order valence-corrected chi connectivity index (χ3v) is 3.81. The summed E-state index contributed by atoms with van der Waals surface area (Å²) >= 11 is 3.50. The number of nitrogens with zero attached hydrogens (tertiary/aromatic N) is 1. The number of hydrogen-bond acceptors (Lipinski definition) is 2. The van der Waals surface area contributed by atoms with Crippen LogP contribution in [0.15, 0.2) is 0 Å². The number of halogens is 1. The Morgan fingerprint density at radius 3 is 2.29 bits per heavy atom. The van der Waals surface area contributed by atoms with E-state index in [1.165, 1.54) is 38.5 Å². The van der Waals surface area contributed by atoms with Gasteiger partial charge in [-0.3, -0.25) is 4.90 Å². The van der Waals surface area contributed by atoms with E-state index in [0.717, 1.165) is 11.4 Å². The number of hydrogen-bond donors (Lipinski definition) is 0. The molecule has 0 aromatic carbocycles. The molecule has 1 unspecified atom stereocenters. The Bertz CT molecular complexity index is 142. The molecule has 1 aliphatic carbocycles. The fraction of sp³-hybridized carbons (Fsp3) is 1.00. The third kappa shape index (κ3) is 3.52. The van der Waals surface area contributed by atoms with Crippen molar-refractivity contribution in [2.45, 2.75) is 50.8 Å². The minimum Gasteiger partial charge on any atom is -0.365 e. The summed E-state index contributed by atoms with van der Waals surface area (Å²) in [7, 11) is 3.98. The molecule has 1 atom stereocenters. The van der Waals surface area contributed by atoms with Crippen LogP contribution in [0.25, 0.3) is 0 Å². The maximum absolute atomic E-state index is 5.43. The van der Waals surface area contributed by atoms with Crippen LogP contribution in [-0.4, -0.2) is 36.7 Å². The molecule has 14 heavy (non-hydrogen) atoms. The Hall–Kier alpha value is 0.400. The zero-order valence-corrected chi connectivity index (χ0v) is 10.9. The van der Waals surface area contributed by atoms with Gasteiger partial charge in [-0.2, -0.15) is 0 Å². The SMILES string of the molecule is COC(CBr)N(C)C1CCCCCC1. The van der Waals surface area contributed by atoms with Crippen LogP contribution in [0.2, 0.25) is 0 Å². The molecule has 1 rings (SSSR count). The van der Waals surface area contributed by atoms with Crippen LogP contribution in [0.5, 0.6) is 0 Å². The third-order valence-electron chi connectivity index (χ3n) is 3.26. The van der Waals surface area contributed by atoms with Gasteiger partial charge in [0.05, 0.1) is 0 Å². The van der Waals surface area contributed by atoms with Gasteiger partial charge >= 0.3 is 0 Å². The molecule has 0 aromatic heterocycles. The molecule has 1 fully saturated rings. The molecule has 0 aromatic rings. The predicted molar refractivity (Wildman–Crippen MR) is 63.8 cm³/mol. The monoisotopic (exact) mass is 263 g/mol. The van der Waals surface area contributed by atoms with Crippen LogP contribution >= 0.6 is 15.9 Å². The van der Waals surface area contributed by atoms with Gasteiger partial charge in [-0.1, -0.05) is 41.6 Å². The molecule has 0 N–H and O–H groups in total. The van der Waals surface area contributed by atoms with E-state index in [4.69, 9.17) is 4.74 Å². The van der Waals surface area contributed by atoms with Crippen molar-refractivity contribution in [2.24, 2.45) is 0 Å². The van der Waals surface area contributed by atoms with Gasteiger partial charge < -0.3 is 4.74 Å². The van der Waals surface area contributed by atoms with E-state index >= 15 is 0 Å². The Kier molecular flexibility index (Phi) is 6.06. The van der Waals surface area contributed by atoms with Gasteiger partial charge in [0.25, 0.3) is 0 Å². The highest BCUT2D eigenvalue weighted by molar-refractivity contribution is 9.09. The lowest BCUT2D eigenvalue weighted by Crippen LogP contribution is -2.42. The summed E-state index contributed by atoms with van der Waals surface area (Å²) < 4.78 is 5.43. The molecular formula is C11H22BrNO. The number of ether oxygens (including phenoxy) is 1. The van der Waals surface area contributed by atoms with Gasteiger partial charge in [0.15, 0.2) is 0 Å². The molecule has 0 bridgehead atoms. The molecule has 0 amide bonds. The molecule has 84 valence electrons. The van der Waals surface area contributed by atoms with E-state index in [2.05, 4.69) is 27.9 Å². The molecular weight excluding hydrogens is 242 g/mol. The van der Waals surface area contributed by atoms with Gasteiger partial charge in [-0.15, -0.1) is 0 Å². The van der Waals surface area contributed by atoms with Crippen molar-refractivity contribution in [3.05, 3.63) is 0 Å². The first kappa shape index (κ1) is 12.5. The highest BCUT2D eigenvalue weighted by Gasteiger charge is 2.22. The first-order valence-electron chi connectivity index (χ1n) is 5.60. The van der Waals surface area contributed by atoms with Crippen LogP contribution in [-0.2, 0) is 4.74 Å². The standard InChI is InChI=1S/C11H22BrNO/c1-13(11(9-12)14-2)10-7-5-3-4-6-8-10/h10-11H,3-9H2,1-2H3. The first-order chi connectivity index (χ1) is 6.79. The lowest BCUT2D eigenvalue weighted by Gasteiger charge is -2.32. The fourth-order valence-corrected chi connectivity index (χ4v) is 2.96. The second kappa shape index (κ2) is 6.81. The highest BCUT2D eigenvalue weighted by atomic mass is 79.9. The minimum atomic E-state index is 0.234. The van der Waals surface area contributed by atoms with Crippen LogP contribution in [0.3, 0.4) is 0 Å². The molecule has 0 aliphatic heterocycles. The summed E-state index contributed by atoms with van der Waals surface area (Å²) in [5, 5.41) is 0.899. The zero-order valence-electron chi connectivity index (χ0n) is 9.34. The summed E-state index contributed by atoms with van der Waals surface area (Å²) in [6.45, 7) is 0. The summed E-state index contributed by atoms with van der Waals surface area (Å²) in [4.78, 5) is 2.39. The molecule has 1 aliphatic rings. The highest BCUT2D eigenvalue weighted by Crippen LogP contribution is 2.22. The maximum Gasteiger partial charge on any atom is 0.119 e. The quantitative estimate of drug-likeness (QED) is 0.439. The number of alkyl halides is 1. The van der Waals surface area contributed by atoms with Gasteiger partial charge in [-0.25, -0.2) is 0 Å². The molecule has 0 saturated heterocycles. The lowest BCUT2D eigenvalue weighted by molar-refractivity contribution is -0.0256. The summed E-state index contributed by atoms with van der Waals surface area (Å²) in [6, 6.07) is 0.722. The summed E-state index contributed by atoms with van der Waals surface area (Å²) in [6.07, 6.45) is 8.50. The molecule has 0 spiro atoms. The van der Waals surface area contributed by atoms with Crippen molar-refractivity contribution in [2.75, 3.05) is 19.5 Å². The van der Waals surface area contributed by atoms with E-state index in [-0.39, 0.29) is 6.23 Å². The smallest absolute Gasteiger partial charge is 0.119 e. The maximum atomic E-state index is 5.43. The van der Waals surface area contributed by atoms with Gasteiger partial charge in [0.2, 0.25) is 0 Å². The van der Waals surface area contributed by atoms with Crippen LogP contribution in [0.4, 0.5) is 0 Å². The van der Waals surface area contributed by atoms with Crippen molar-refractivity contribution >= 4 is 15.9 Å². The van der Waals surface area contributed by atoms with Crippen LogP contribution in [0.1, 0.15) is 38.5 Å². The Balaban J connectivity index is 2.43. The first-order valence-corrected chi connectivity index (χ1v) is 6.72. The van der Waals surface area contributed by atoms with E-state index in [1.54, 1.807) is 7.11 Å². The largest absolute Gasteiger partial charge is 0.365 e. The van der Waals surface area contributed by atoms with Crippen molar-refractivity contribution in [3.8, 4) is 0 Å². The fourth-order valence-electron chi connectivity index (χ4n) is 2.24. The second-order valence-electron chi connectivity index (χ2n) is 4.16. The molecule has 0 radical (unpaired) electrons. The molecule has 3 heteroatoms. The Morgan fingerprint density at radius 1 is 1.29 bits per heavy atom. The number of methoxy groups -OCH3 is 1. The van der Waals surface area contributed by atoms with Gasteiger partial charge in [-0.05, 0) is 19.9 Å². The summed E-state index contributed by atoms with van der Waals surface area (Å²) in [5.41, 5.74) is 0. The van der Waals surface area contributed by atoms with E-state index in [0.29, 0.717) is 0 Å². The average Bonchev–Trinajstić information content (AvgIpc) is 2.47. The zero-order chi connectivity index (χ0) is 10.4. The van der Waals surface area contributed by atoms with E-state index in [9.17, 15) is 0 Å². The number of rotatable bonds is 4. The normalized spacial score (nSPS) is 22.3. The van der Waals surface area contributed by atoms with Crippen molar-refractivity contribution in [1.29, 1.82) is 0 Å². The van der Waals surface area contributed by atoms with E-state index < -0.39 is 0 Å². The van der Waals surface area contributed by atoms with Gasteiger partial charge in [0.1, 0.15) is 6.23 Å². The van der Waals surface area contributed by atoms with Crippen LogP contribution < -0.4 is 0 Å². The Morgan fingerprint density at radius 2 is 1.86 bits per heavy atom. The molecule has 1 saturated carbocycles. The van der Waals surface area contributed by atoms with Gasteiger partial charge in [0, 0.05) is 18.5 Å². The van der Waals surface area contributed by atoms with Crippen molar-refractivity contribution in [3.63, 3.8) is 0 Å². The molecule has 0 heterocycles. The summed E-state index contributed by atoms with van der Waals surface area (Å²) in [5.74, 6) is 0. The minimum absolute atomic E-state index is 0.234. The lowest BCUT2D eigenvalue weighted by atomic mass is 10.1. The van der Waals surface area contributed by atoms with Crippen molar-refractivity contribution < 1.29 is 4.74 Å². The second-order valence-corrected chi connectivity index (χ2v) is 4.80. The van der Waals surface area contributed by atoms with Crippen LogP contribution in [0, 0.1) is 0 Å². The van der Waals surface area contributed by atoms with Crippen molar-refractivity contribution in [1.82, 2.24) is 4.90 Å². The predicted octanol–water partition coefficient (Wildman–Crippen LogP) is 3.01. The topological polar surface area (TPSA) is 12.5 Å². The Labute approximate surface area is 96.1 Å². The van der Waals surface area contributed by atoms with E-state index in [1.807, 2.05) is 0 Å².